The van der Waals surface area contributed by atoms with Crippen molar-refractivity contribution in [3.63, 3.8) is 0 Å². The summed E-state index contributed by atoms with van der Waals surface area (Å²) in [5.74, 6) is 1.62. The molecule has 26 heavy (non-hydrogen) atoms. The molecule has 140 valence electrons. The summed E-state index contributed by atoms with van der Waals surface area (Å²) in [5.41, 5.74) is 2.51. The molecule has 0 amide bonds. The Labute approximate surface area is 156 Å². The van der Waals surface area contributed by atoms with Crippen LogP contribution in [0, 0.1) is 0 Å². The van der Waals surface area contributed by atoms with Gasteiger partial charge < -0.3 is 19.5 Å². The zero-order valence-corrected chi connectivity index (χ0v) is 15.6. The second-order valence-electron chi connectivity index (χ2n) is 6.66. The van der Waals surface area contributed by atoms with E-state index in [1.54, 1.807) is 7.11 Å². The smallest absolute Gasteiger partial charge is 0.165 e. The molecule has 0 saturated carbocycles. The second-order valence-corrected chi connectivity index (χ2v) is 6.66. The fraction of sp³-hybridized carbons (Fsp3) is 0.455. The summed E-state index contributed by atoms with van der Waals surface area (Å²) in [7, 11) is 1.69. The van der Waals surface area contributed by atoms with Gasteiger partial charge in [0.1, 0.15) is 6.61 Å². The third-order valence-electron chi connectivity index (χ3n) is 4.70. The van der Waals surface area contributed by atoms with Gasteiger partial charge in [0.15, 0.2) is 11.5 Å². The van der Waals surface area contributed by atoms with E-state index in [-0.39, 0.29) is 6.10 Å². The van der Waals surface area contributed by atoms with Crippen LogP contribution in [0.15, 0.2) is 48.5 Å². The molecule has 0 spiro atoms. The maximum Gasteiger partial charge on any atom is 0.165 e. The number of aryl methyl sites for hydroxylation is 1. The molecule has 1 N–H and O–H groups in total. The van der Waals surface area contributed by atoms with Gasteiger partial charge in [-0.15, -0.1) is 0 Å². The number of hydrogen-bond acceptors (Lipinski definition) is 4. The van der Waals surface area contributed by atoms with E-state index in [0.717, 1.165) is 62.4 Å². The van der Waals surface area contributed by atoms with Crippen molar-refractivity contribution in [2.24, 2.45) is 0 Å². The Balaban J connectivity index is 1.49. The minimum atomic E-state index is 0.201. The molecule has 4 heteroatoms. The lowest BCUT2D eigenvalue weighted by molar-refractivity contribution is 0.0666. The van der Waals surface area contributed by atoms with Crippen molar-refractivity contribution >= 4 is 0 Å². The lowest BCUT2D eigenvalue weighted by atomic mass is 10.1. The fourth-order valence-electron chi connectivity index (χ4n) is 3.26. The van der Waals surface area contributed by atoms with E-state index in [4.69, 9.17) is 14.2 Å². The topological polar surface area (TPSA) is 39.7 Å². The molecule has 1 saturated heterocycles. The van der Waals surface area contributed by atoms with Gasteiger partial charge in [0.25, 0.3) is 0 Å². The van der Waals surface area contributed by atoms with Crippen LogP contribution in [0.5, 0.6) is 11.5 Å². The first-order valence-corrected chi connectivity index (χ1v) is 9.51. The van der Waals surface area contributed by atoms with Gasteiger partial charge in [0.2, 0.25) is 0 Å². The summed E-state index contributed by atoms with van der Waals surface area (Å²) in [6.07, 6.45) is 4.60. The van der Waals surface area contributed by atoms with Gasteiger partial charge in [-0.1, -0.05) is 42.5 Å². The molecule has 1 fully saturated rings. The number of para-hydroxylation sites is 1. The predicted molar refractivity (Wildman–Crippen MR) is 104 cm³/mol. The van der Waals surface area contributed by atoms with Crippen LogP contribution in [-0.4, -0.2) is 33.0 Å². The van der Waals surface area contributed by atoms with Crippen molar-refractivity contribution < 1.29 is 14.2 Å². The zero-order chi connectivity index (χ0) is 18.0. The first kappa shape index (κ1) is 18.7. The van der Waals surface area contributed by atoms with Crippen LogP contribution in [0.3, 0.4) is 0 Å². The van der Waals surface area contributed by atoms with E-state index < -0.39 is 0 Å². The van der Waals surface area contributed by atoms with Gasteiger partial charge in [-0.3, -0.25) is 0 Å². The van der Waals surface area contributed by atoms with E-state index in [1.165, 1.54) is 5.56 Å². The first-order valence-electron chi connectivity index (χ1n) is 9.51. The molecule has 1 heterocycles. The van der Waals surface area contributed by atoms with Gasteiger partial charge in [-0.05, 0) is 43.9 Å². The summed E-state index contributed by atoms with van der Waals surface area (Å²) in [6.45, 7) is 3.17. The van der Waals surface area contributed by atoms with Crippen molar-refractivity contribution in [3.8, 4) is 11.5 Å². The minimum absolute atomic E-state index is 0.201. The Hall–Kier alpha value is -2.04. The third kappa shape index (κ3) is 5.48. The van der Waals surface area contributed by atoms with Crippen molar-refractivity contribution in [2.75, 3.05) is 26.9 Å². The first-order chi connectivity index (χ1) is 12.9. The maximum atomic E-state index is 6.08. The quantitative estimate of drug-likeness (QED) is 0.655. The summed E-state index contributed by atoms with van der Waals surface area (Å²) < 4.78 is 17.2. The molecule has 2 aromatic rings. The molecule has 0 aromatic heterocycles. The molecule has 0 radical (unpaired) electrons. The highest BCUT2D eigenvalue weighted by molar-refractivity contribution is 5.46. The average molecular weight is 355 g/mol. The van der Waals surface area contributed by atoms with Gasteiger partial charge in [-0.25, -0.2) is 0 Å². The lowest BCUT2D eigenvalue weighted by Crippen LogP contribution is -2.19. The van der Waals surface area contributed by atoms with Gasteiger partial charge >= 0.3 is 0 Å². The third-order valence-corrected chi connectivity index (χ3v) is 4.70. The van der Waals surface area contributed by atoms with Crippen molar-refractivity contribution in [2.45, 2.75) is 38.3 Å². The predicted octanol–water partition coefficient (Wildman–Crippen LogP) is 3.98. The van der Waals surface area contributed by atoms with Gasteiger partial charge in [-0.2, -0.15) is 0 Å². The van der Waals surface area contributed by atoms with Crippen LogP contribution in [0.25, 0.3) is 0 Å². The average Bonchev–Trinajstić information content (AvgIpc) is 3.20. The fourth-order valence-corrected chi connectivity index (χ4v) is 3.26. The Morgan fingerprint density at radius 2 is 2.00 bits per heavy atom. The van der Waals surface area contributed by atoms with Crippen LogP contribution >= 0.6 is 0 Å². The number of hydrogen-bond donors (Lipinski definition) is 1. The highest BCUT2D eigenvalue weighted by Gasteiger charge is 2.18. The number of benzene rings is 2. The Morgan fingerprint density at radius 3 is 2.77 bits per heavy atom. The largest absolute Gasteiger partial charge is 0.493 e. The van der Waals surface area contributed by atoms with Crippen molar-refractivity contribution in [1.82, 2.24) is 5.32 Å². The SMILES string of the molecule is COc1cccc(CNCCCc2ccccc2)c1OCC1CCCO1. The molecule has 1 aliphatic rings. The molecule has 1 unspecified atom stereocenters. The van der Waals surface area contributed by atoms with Crippen LogP contribution in [0.2, 0.25) is 0 Å². The van der Waals surface area contributed by atoms with Gasteiger partial charge in [0, 0.05) is 18.7 Å². The molecule has 4 nitrogen and oxygen atoms in total. The monoisotopic (exact) mass is 355 g/mol. The zero-order valence-electron chi connectivity index (χ0n) is 15.6. The lowest BCUT2D eigenvalue weighted by Gasteiger charge is -2.17. The molecular formula is C22H29NO3. The van der Waals surface area contributed by atoms with Crippen LogP contribution in [0.1, 0.15) is 30.4 Å². The number of rotatable bonds is 10. The molecule has 0 bridgehead atoms. The normalized spacial score (nSPS) is 16.6. The van der Waals surface area contributed by atoms with Crippen molar-refractivity contribution in [1.29, 1.82) is 0 Å². The summed E-state index contributed by atoms with van der Waals surface area (Å²) in [4.78, 5) is 0. The standard InChI is InChI=1S/C22H29NO3/c1-24-21-13-5-11-19(22(21)26-17-20-12-7-15-25-20)16-23-14-6-10-18-8-3-2-4-9-18/h2-5,8-9,11,13,20,23H,6-7,10,12,14-17H2,1H3. The summed E-state index contributed by atoms with van der Waals surface area (Å²) in [5, 5.41) is 3.52. The minimum Gasteiger partial charge on any atom is -0.493 e. The highest BCUT2D eigenvalue weighted by atomic mass is 16.5. The van der Waals surface area contributed by atoms with E-state index in [2.05, 4.69) is 41.7 Å². The molecular weight excluding hydrogens is 326 g/mol. The number of nitrogens with one attached hydrogen (secondary N) is 1. The Kier molecular flexibility index (Phi) is 7.35. The number of methoxy groups -OCH3 is 1. The van der Waals surface area contributed by atoms with Gasteiger partial charge in [0.05, 0.1) is 13.2 Å². The molecule has 1 aliphatic heterocycles. The summed E-state index contributed by atoms with van der Waals surface area (Å²) >= 11 is 0. The summed E-state index contributed by atoms with van der Waals surface area (Å²) in [6, 6.07) is 16.7. The van der Waals surface area contributed by atoms with E-state index in [1.807, 2.05) is 12.1 Å². The Morgan fingerprint density at radius 1 is 1.12 bits per heavy atom. The Bertz CT molecular complexity index is 654. The van der Waals surface area contributed by atoms with E-state index >= 15 is 0 Å². The van der Waals surface area contributed by atoms with Crippen LogP contribution in [-0.2, 0) is 17.7 Å². The van der Waals surface area contributed by atoms with E-state index in [9.17, 15) is 0 Å². The molecule has 0 aliphatic carbocycles. The maximum absolute atomic E-state index is 6.08. The molecule has 3 rings (SSSR count). The molecule has 2 aromatic carbocycles. The van der Waals surface area contributed by atoms with Crippen LogP contribution < -0.4 is 14.8 Å². The second kappa shape index (κ2) is 10.2. The number of ether oxygens (including phenoxy) is 3. The molecule has 1 atom stereocenters. The highest BCUT2D eigenvalue weighted by Crippen LogP contribution is 2.31. The van der Waals surface area contributed by atoms with Crippen molar-refractivity contribution in [3.05, 3.63) is 59.7 Å². The van der Waals surface area contributed by atoms with Crippen LogP contribution in [0.4, 0.5) is 0 Å². The van der Waals surface area contributed by atoms with E-state index in [0.29, 0.717) is 6.61 Å².